The maximum atomic E-state index is 13.3. The van der Waals surface area contributed by atoms with Gasteiger partial charge in [0.2, 0.25) is 0 Å². The monoisotopic (exact) mass is 343 g/mol. The van der Waals surface area contributed by atoms with E-state index in [-0.39, 0.29) is 16.4 Å². The van der Waals surface area contributed by atoms with Gasteiger partial charge in [-0.1, -0.05) is 11.6 Å². The van der Waals surface area contributed by atoms with Crippen molar-refractivity contribution >= 4 is 44.8 Å². The Bertz CT molecular complexity index is 651. The van der Waals surface area contributed by atoms with E-state index in [2.05, 4.69) is 26.2 Å². The zero-order valence-electron chi connectivity index (χ0n) is 9.45. The van der Waals surface area contributed by atoms with Crippen LogP contribution in [0.3, 0.4) is 0 Å². The van der Waals surface area contributed by atoms with E-state index < -0.39 is 11.7 Å². The van der Waals surface area contributed by atoms with Crippen molar-refractivity contribution in [3.63, 3.8) is 0 Å². The molecule has 0 aliphatic heterocycles. The zero-order valence-corrected chi connectivity index (χ0v) is 11.8. The SMILES string of the molecule is Nc1ccc(C(=O)Nc2cc(Br)cnc2Cl)cc1F. The Morgan fingerprint density at radius 1 is 1.42 bits per heavy atom. The summed E-state index contributed by atoms with van der Waals surface area (Å²) in [5.41, 5.74) is 5.80. The number of nitrogen functional groups attached to an aromatic ring is 1. The number of carbonyl (C=O) groups excluding carboxylic acids is 1. The predicted molar refractivity (Wildman–Crippen MR) is 75.7 cm³/mol. The molecule has 98 valence electrons. The van der Waals surface area contributed by atoms with Gasteiger partial charge >= 0.3 is 0 Å². The molecule has 0 aliphatic rings. The van der Waals surface area contributed by atoms with Crippen molar-refractivity contribution in [1.29, 1.82) is 0 Å². The fraction of sp³-hybridized carbons (Fsp3) is 0. The van der Waals surface area contributed by atoms with Crippen LogP contribution in [0.15, 0.2) is 34.9 Å². The lowest BCUT2D eigenvalue weighted by atomic mass is 10.2. The third-order valence-electron chi connectivity index (χ3n) is 2.32. The highest BCUT2D eigenvalue weighted by molar-refractivity contribution is 9.10. The molecule has 0 saturated heterocycles. The van der Waals surface area contributed by atoms with Gasteiger partial charge in [0.1, 0.15) is 5.82 Å². The van der Waals surface area contributed by atoms with Crippen LogP contribution in [0.2, 0.25) is 5.15 Å². The molecule has 0 fully saturated rings. The molecule has 0 radical (unpaired) electrons. The Labute approximate surface area is 121 Å². The molecule has 7 heteroatoms. The third kappa shape index (κ3) is 3.21. The molecule has 1 aromatic carbocycles. The Hall–Kier alpha value is -1.66. The summed E-state index contributed by atoms with van der Waals surface area (Å²) in [5.74, 6) is -1.15. The van der Waals surface area contributed by atoms with Crippen molar-refractivity contribution in [2.24, 2.45) is 0 Å². The van der Waals surface area contributed by atoms with Crippen LogP contribution in [0.5, 0.6) is 0 Å². The molecule has 2 aromatic rings. The number of nitrogens with zero attached hydrogens (tertiary/aromatic N) is 1. The maximum absolute atomic E-state index is 13.3. The molecule has 4 nitrogen and oxygen atoms in total. The van der Waals surface area contributed by atoms with E-state index in [1.54, 1.807) is 6.07 Å². The third-order valence-corrected chi connectivity index (χ3v) is 3.05. The first kappa shape index (κ1) is 13.8. The molecule has 0 unspecified atom stereocenters. The molecule has 2 rings (SSSR count). The predicted octanol–water partition coefficient (Wildman–Crippen LogP) is 3.47. The van der Waals surface area contributed by atoms with Gasteiger partial charge in [0.05, 0.1) is 11.4 Å². The topological polar surface area (TPSA) is 68.0 Å². The van der Waals surface area contributed by atoms with E-state index >= 15 is 0 Å². The van der Waals surface area contributed by atoms with Gasteiger partial charge < -0.3 is 11.1 Å². The number of carbonyl (C=O) groups is 1. The molecule has 1 amide bonds. The molecular formula is C12H8BrClFN3O. The molecule has 3 N–H and O–H groups in total. The van der Waals surface area contributed by atoms with Crippen molar-refractivity contribution in [3.8, 4) is 0 Å². The van der Waals surface area contributed by atoms with Crippen LogP contribution in [0.1, 0.15) is 10.4 Å². The molecule has 0 aliphatic carbocycles. The van der Waals surface area contributed by atoms with Crippen LogP contribution in [0, 0.1) is 5.82 Å². The molecule has 0 spiro atoms. The maximum Gasteiger partial charge on any atom is 0.255 e. The summed E-state index contributed by atoms with van der Waals surface area (Å²) < 4.78 is 13.9. The largest absolute Gasteiger partial charge is 0.396 e. The Morgan fingerprint density at radius 2 is 2.16 bits per heavy atom. The van der Waals surface area contributed by atoms with Gasteiger partial charge in [0, 0.05) is 16.2 Å². The minimum absolute atomic E-state index is 0.0151. The van der Waals surface area contributed by atoms with Crippen molar-refractivity contribution < 1.29 is 9.18 Å². The molecule has 19 heavy (non-hydrogen) atoms. The molecule has 0 bridgehead atoms. The van der Waals surface area contributed by atoms with Crippen LogP contribution >= 0.6 is 27.5 Å². The lowest BCUT2D eigenvalue weighted by Gasteiger charge is -2.07. The molecular weight excluding hydrogens is 337 g/mol. The summed E-state index contributed by atoms with van der Waals surface area (Å²) in [6, 6.07) is 5.41. The van der Waals surface area contributed by atoms with Crippen LogP contribution in [-0.2, 0) is 0 Å². The first-order valence-corrected chi connectivity index (χ1v) is 6.32. The standard InChI is InChI=1S/C12H8BrClFN3O/c13-7-4-10(11(14)17-5-7)18-12(19)6-1-2-9(16)8(15)3-6/h1-5H,16H2,(H,18,19). The zero-order chi connectivity index (χ0) is 14.0. The van der Waals surface area contributed by atoms with E-state index in [9.17, 15) is 9.18 Å². The number of hydrogen-bond donors (Lipinski definition) is 2. The lowest BCUT2D eigenvalue weighted by Crippen LogP contribution is -2.13. The first-order chi connectivity index (χ1) is 8.97. The van der Waals surface area contributed by atoms with Crippen molar-refractivity contribution in [2.45, 2.75) is 0 Å². The van der Waals surface area contributed by atoms with Crippen molar-refractivity contribution in [3.05, 3.63) is 51.5 Å². The number of amides is 1. The summed E-state index contributed by atoms with van der Waals surface area (Å²) in [4.78, 5) is 15.8. The Morgan fingerprint density at radius 3 is 2.84 bits per heavy atom. The number of halogens is 3. The minimum Gasteiger partial charge on any atom is -0.396 e. The molecule has 1 aromatic heterocycles. The Kier molecular flexibility index (Phi) is 4.01. The normalized spacial score (nSPS) is 10.3. The fourth-order valence-electron chi connectivity index (χ4n) is 1.37. The number of aromatic nitrogens is 1. The number of nitrogens with two attached hydrogens (primary N) is 1. The molecule has 1 heterocycles. The van der Waals surface area contributed by atoms with Gasteiger partial charge in [-0.3, -0.25) is 4.79 Å². The van der Waals surface area contributed by atoms with Gasteiger partial charge in [-0.2, -0.15) is 0 Å². The number of pyridine rings is 1. The van der Waals surface area contributed by atoms with Crippen LogP contribution in [-0.4, -0.2) is 10.9 Å². The van der Waals surface area contributed by atoms with Gasteiger partial charge in [0.15, 0.2) is 5.15 Å². The first-order valence-electron chi connectivity index (χ1n) is 5.15. The van der Waals surface area contributed by atoms with Crippen LogP contribution in [0.25, 0.3) is 0 Å². The number of benzene rings is 1. The second-order valence-electron chi connectivity index (χ2n) is 3.68. The van der Waals surface area contributed by atoms with Gasteiger partial charge in [-0.25, -0.2) is 9.37 Å². The average molecular weight is 345 g/mol. The molecule has 0 saturated carbocycles. The van der Waals surface area contributed by atoms with Gasteiger partial charge in [0.25, 0.3) is 5.91 Å². The van der Waals surface area contributed by atoms with Gasteiger partial charge in [-0.15, -0.1) is 0 Å². The lowest BCUT2D eigenvalue weighted by molar-refractivity contribution is 0.102. The minimum atomic E-state index is -0.647. The highest BCUT2D eigenvalue weighted by Gasteiger charge is 2.11. The summed E-state index contributed by atoms with van der Waals surface area (Å²) in [6.45, 7) is 0. The smallest absolute Gasteiger partial charge is 0.255 e. The van der Waals surface area contributed by atoms with E-state index in [1.165, 1.54) is 18.3 Å². The second-order valence-corrected chi connectivity index (χ2v) is 4.96. The number of nitrogens with one attached hydrogen (secondary N) is 1. The fourth-order valence-corrected chi connectivity index (χ4v) is 1.85. The van der Waals surface area contributed by atoms with E-state index in [0.29, 0.717) is 10.2 Å². The summed E-state index contributed by atoms with van der Waals surface area (Å²) >= 11 is 9.06. The quantitative estimate of drug-likeness (QED) is 0.647. The second kappa shape index (κ2) is 5.54. The Balaban J connectivity index is 2.25. The number of hydrogen-bond acceptors (Lipinski definition) is 3. The number of rotatable bonds is 2. The summed E-state index contributed by atoms with van der Waals surface area (Å²) in [6.07, 6.45) is 1.50. The van der Waals surface area contributed by atoms with Gasteiger partial charge in [-0.05, 0) is 40.2 Å². The molecule has 0 atom stereocenters. The highest BCUT2D eigenvalue weighted by atomic mass is 79.9. The summed E-state index contributed by atoms with van der Waals surface area (Å²) in [7, 11) is 0. The summed E-state index contributed by atoms with van der Waals surface area (Å²) in [5, 5.41) is 2.69. The van der Waals surface area contributed by atoms with Crippen molar-refractivity contribution in [2.75, 3.05) is 11.1 Å². The average Bonchev–Trinajstić information content (AvgIpc) is 2.37. The number of anilines is 2. The van der Waals surface area contributed by atoms with E-state index in [4.69, 9.17) is 17.3 Å². The van der Waals surface area contributed by atoms with E-state index in [1.807, 2.05) is 0 Å². The van der Waals surface area contributed by atoms with Crippen LogP contribution < -0.4 is 11.1 Å². The van der Waals surface area contributed by atoms with Crippen molar-refractivity contribution in [1.82, 2.24) is 4.98 Å². The highest BCUT2D eigenvalue weighted by Crippen LogP contribution is 2.23. The van der Waals surface area contributed by atoms with E-state index in [0.717, 1.165) is 6.07 Å². The van der Waals surface area contributed by atoms with Crippen LogP contribution in [0.4, 0.5) is 15.8 Å².